The Morgan fingerprint density at radius 2 is 2.18 bits per heavy atom. The van der Waals surface area contributed by atoms with E-state index in [2.05, 4.69) is 20.6 Å². The zero-order chi connectivity index (χ0) is 12.3. The summed E-state index contributed by atoms with van der Waals surface area (Å²) in [5, 5.41) is 13.1. The van der Waals surface area contributed by atoms with Gasteiger partial charge in [-0.1, -0.05) is 18.2 Å². The van der Waals surface area contributed by atoms with E-state index in [-0.39, 0.29) is 24.4 Å². The molecule has 0 saturated heterocycles. The van der Waals surface area contributed by atoms with Crippen LogP contribution in [0.3, 0.4) is 0 Å². The second-order valence-electron chi connectivity index (χ2n) is 3.56. The number of tetrazole rings is 1. The second kappa shape index (κ2) is 4.54. The van der Waals surface area contributed by atoms with E-state index < -0.39 is 5.92 Å². The number of H-pyrrole nitrogens is 1. The van der Waals surface area contributed by atoms with E-state index in [1.807, 2.05) is 0 Å². The van der Waals surface area contributed by atoms with Gasteiger partial charge in [0.2, 0.25) is 5.82 Å². The van der Waals surface area contributed by atoms with E-state index >= 15 is 0 Å². The lowest BCUT2D eigenvalue weighted by Crippen LogP contribution is -2.18. The molecular weight excluding hydrogens is 228 g/mol. The van der Waals surface area contributed by atoms with E-state index in [0.717, 1.165) is 0 Å². The molecule has 0 atom stereocenters. The Hall–Kier alpha value is -1.89. The molecule has 0 saturated carbocycles. The maximum Gasteiger partial charge on any atom is 0.274 e. The zero-order valence-corrected chi connectivity index (χ0v) is 8.90. The van der Waals surface area contributed by atoms with Crippen LogP contribution in [-0.2, 0) is 5.92 Å². The molecule has 0 bridgehead atoms. The number of nitrogens with two attached hydrogens (primary N) is 1. The van der Waals surface area contributed by atoms with Crippen molar-refractivity contribution in [3.63, 3.8) is 0 Å². The summed E-state index contributed by atoms with van der Waals surface area (Å²) in [5.74, 6) is -2.65. The minimum absolute atomic E-state index is 0.0700. The first kappa shape index (κ1) is 11.6. The average Bonchev–Trinajstić information content (AvgIpc) is 2.82. The third kappa shape index (κ3) is 2.44. The third-order valence-corrected chi connectivity index (χ3v) is 2.35. The third-order valence-electron chi connectivity index (χ3n) is 2.35. The predicted octanol–water partition coefficient (Wildman–Crippen LogP) is 1.31. The lowest BCUT2D eigenvalue weighted by atomic mass is 10.0. The van der Waals surface area contributed by atoms with Crippen LogP contribution in [0.2, 0.25) is 0 Å². The SMILES string of the molecule is NCCC(F)(F)c1cccc(-c2nn[nH]n2)c1. The summed E-state index contributed by atoms with van der Waals surface area (Å²) in [4.78, 5) is 0. The van der Waals surface area contributed by atoms with Gasteiger partial charge in [0.15, 0.2) is 0 Å². The Morgan fingerprint density at radius 3 is 2.82 bits per heavy atom. The molecule has 2 aromatic rings. The highest BCUT2D eigenvalue weighted by Gasteiger charge is 2.30. The normalized spacial score (nSPS) is 11.7. The second-order valence-corrected chi connectivity index (χ2v) is 3.56. The number of nitrogens with zero attached hydrogens (tertiary/aromatic N) is 3. The Labute approximate surface area is 96.0 Å². The van der Waals surface area contributed by atoms with Crippen molar-refractivity contribution in [1.82, 2.24) is 20.6 Å². The van der Waals surface area contributed by atoms with Crippen LogP contribution < -0.4 is 5.73 Å². The Morgan fingerprint density at radius 1 is 1.35 bits per heavy atom. The summed E-state index contributed by atoms with van der Waals surface area (Å²) in [6.07, 6.45) is -0.386. The quantitative estimate of drug-likeness (QED) is 0.842. The number of rotatable bonds is 4. The van der Waals surface area contributed by atoms with Crippen LogP contribution in [-0.4, -0.2) is 27.2 Å². The van der Waals surface area contributed by atoms with Crippen molar-refractivity contribution < 1.29 is 8.78 Å². The largest absolute Gasteiger partial charge is 0.330 e. The molecule has 0 unspecified atom stereocenters. The first-order valence-corrected chi connectivity index (χ1v) is 5.06. The Balaban J connectivity index is 2.35. The molecule has 17 heavy (non-hydrogen) atoms. The van der Waals surface area contributed by atoms with Crippen LogP contribution in [0.5, 0.6) is 0 Å². The molecule has 2 rings (SSSR count). The molecule has 0 fully saturated rings. The Bertz CT molecular complexity index is 483. The maximum atomic E-state index is 13.6. The first-order chi connectivity index (χ1) is 8.13. The van der Waals surface area contributed by atoms with Gasteiger partial charge in [-0.3, -0.25) is 0 Å². The van der Waals surface area contributed by atoms with Gasteiger partial charge in [0.05, 0.1) is 0 Å². The fourth-order valence-corrected chi connectivity index (χ4v) is 1.50. The standard InChI is InChI=1S/C10H11F2N5/c11-10(12,4-5-13)8-3-1-2-7(6-8)9-14-16-17-15-9/h1-3,6H,4-5,13H2,(H,14,15,16,17). The monoisotopic (exact) mass is 239 g/mol. The molecular formula is C10H11F2N5. The van der Waals surface area contributed by atoms with Gasteiger partial charge in [-0.05, 0) is 17.8 Å². The molecule has 90 valence electrons. The molecule has 1 aromatic heterocycles. The van der Waals surface area contributed by atoms with E-state index in [1.54, 1.807) is 6.07 Å². The fraction of sp³-hybridized carbons (Fsp3) is 0.300. The van der Waals surface area contributed by atoms with Crippen molar-refractivity contribution in [2.75, 3.05) is 6.54 Å². The number of aromatic nitrogens is 4. The summed E-state index contributed by atoms with van der Waals surface area (Å²) in [7, 11) is 0. The van der Waals surface area contributed by atoms with Gasteiger partial charge in [0, 0.05) is 17.5 Å². The van der Waals surface area contributed by atoms with Crippen molar-refractivity contribution >= 4 is 0 Å². The first-order valence-electron chi connectivity index (χ1n) is 5.06. The minimum Gasteiger partial charge on any atom is -0.330 e. The molecule has 7 heteroatoms. The molecule has 0 aliphatic carbocycles. The summed E-state index contributed by atoms with van der Waals surface area (Å²) < 4.78 is 27.3. The van der Waals surface area contributed by atoms with Gasteiger partial charge in [0.25, 0.3) is 5.92 Å². The molecule has 0 spiro atoms. The number of hydrogen-bond acceptors (Lipinski definition) is 4. The molecule has 1 aromatic carbocycles. The summed E-state index contributed by atoms with van der Waals surface area (Å²) in [5.41, 5.74) is 5.57. The number of nitrogens with one attached hydrogen (secondary N) is 1. The van der Waals surface area contributed by atoms with Gasteiger partial charge in [-0.2, -0.15) is 5.21 Å². The average molecular weight is 239 g/mol. The topological polar surface area (TPSA) is 80.5 Å². The van der Waals surface area contributed by atoms with Crippen LogP contribution in [0.15, 0.2) is 24.3 Å². The molecule has 0 radical (unpaired) electrons. The summed E-state index contributed by atoms with van der Waals surface area (Å²) in [6.45, 7) is -0.0700. The molecule has 1 heterocycles. The van der Waals surface area contributed by atoms with Crippen molar-refractivity contribution in [2.24, 2.45) is 5.73 Å². The van der Waals surface area contributed by atoms with Crippen molar-refractivity contribution in [3.8, 4) is 11.4 Å². The van der Waals surface area contributed by atoms with Crippen molar-refractivity contribution in [1.29, 1.82) is 0 Å². The molecule has 0 aliphatic heterocycles. The minimum atomic E-state index is -2.94. The lowest BCUT2D eigenvalue weighted by Gasteiger charge is -2.15. The van der Waals surface area contributed by atoms with Gasteiger partial charge >= 0.3 is 0 Å². The smallest absolute Gasteiger partial charge is 0.274 e. The number of hydrogen-bond donors (Lipinski definition) is 2. The fourth-order valence-electron chi connectivity index (χ4n) is 1.50. The van der Waals surface area contributed by atoms with Gasteiger partial charge < -0.3 is 5.73 Å². The van der Waals surface area contributed by atoms with Crippen LogP contribution in [0, 0.1) is 0 Å². The summed E-state index contributed by atoms with van der Waals surface area (Å²) >= 11 is 0. The number of benzene rings is 1. The van der Waals surface area contributed by atoms with Crippen LogP contribution in [0.25, 0.3) is 11.4 Å². The van der Waals surface area contributed by atoms with Gasteiger partial charge in [-0.25, -0.2) is 8.78 Å². The van der Waals surface area contributed by atoms with Gasteiger partial charge in [-0.15, -0.1) is 10.2 Å². The number of aromatic amines is 1. The van der Waals surface area contributed by atoms with E-state index in [4.69, 9.17) is 5.73 Å². The molecule has 0 aliphatic rings. The predicted molar refractivity (Wildman–Crippen MR) is 57.2 cm³/mol. The van der Waals surface area contributed by atoms with Crippen molar-refractivity contribution in [2.45, 2.75) is 12.3 Å². The molecule has 5 nitrogen and oxygen atoms in total. The van der Waals surface area contributed by atoms with Crippen LogP contribution >= 0.6 is 0 Å². The van der Waals surface area contributed by atoms with Gasteiger partial charge in [0.1, 0.15) is 0 Å². The zero-order valence-electron chi connectivity index (χ0n) is 8.90. The van der Waals surface area contributed by atoms with E-state index in [0.29, 0.717) is 5.56 Å². The Kier molecular flexibility index (Phi) is 3.10. The van der Waals surface area contributed by atoms with Crippen LogP contribution in [0.1, 0.15) is 12.0 Å². The highest BCUT2D eigenvalue weighted by molar-refractivity contribution is 5.55. The highest BCUT2D eigenvalue weighted by Crippen LogP contribution is 2.32. The molecule has 0 amide bonds. The van der Waals surface area contributed by atoms with E-state index in [9.17, 15) is 8.78 Å². The summed E-state index contributed by atoms with van der Waals surface area (Å²) in [6, 6.07) is 5.89. The maximum absolute atomic E-state index is 13.6. The van der Waals surface area contributed by atoms with E-state index in [1.165, 1.54) is 18.2 Å². The number of alkyl halides is 2. The van der Waals surface area contributed by atoms with Crippen molar-refractivity contribution in [3.05, 3.63) is 29.8 Å². The molecule has 3 N–H and O–H groups in total. The lowest BCUT2D eigenvalue weighted by molar-refractivity contribution is -0.0106. The van der Waals surface area contributed by atoms with Crippen LogP contribution in [0.4, 0.5) is 8.78 Å². The highest BCUT2D eigenvalue weighted by atomic mass is 19.3. The number of halogens is 2.